The minimum atomic E-state index is -0.154. The maximum Gasteiger partial charge on any atom is 0.264 e. The molecule has 1 aromatic heterocycles. The zero-order valence-corrected chi connectivity index (χ0v) is 15.7. The van der Waals surface area contributed by atoms with Gasteiger partial charge in [-0.1, -0.05) is 23.7 Å². The van der Waals surface area contributed by atoms with Crippen LogP contribution in [-0.2, 0) is 6.54 Å². The predicted molar refractivity (Wildman–Crippen MR) is 102 cm³/mol. The highest BCUT2D eigenvalue weighted by molar-refractivity contribution is 14.1. The van der Waals surface area contributed by atoms with Crippen LogP contribution in [0.15, 0.2) is 36.4 Å². The van der Waals surface area contributed by atoms with Crippen molar-refractivity contribution < 1.29 is 9.53 Å². The summed E-state index contributed by atoms with van der Waals surface area (Å²) in [6.45, 7) is 1.31. The van der Waals surface area contributed by atoms with Crippen LogP contribution in [0.25, 0.3) is 11.0 Å². The Hall–Kier alpha value is -1.80. The van der Waals surface area contributed by atoms with Crippen LogP contribution >= 0.6 is 34.2 Å². The van der Waals surface area contributed by atoms with Gasteiger partial charge in [0.05, 0.1) is 28.7 Å². The number of ether oxygens (including phenoxy) is 1. The van der Waals surface area contributed by atoms with E-state index in [0.29, 0.717) is 28.8 Å². The smallest absolute Gasteiger partial charge is 0.264 e. The van der Waals surface area contributed by atoms with E-state index < -0.39 is 0 Å². The number of hydrogen-bond acceptors (Lipinski definition) is 3. The van der Waals surface area contributed by atoms with Gasteiger partial charge < -0.3 is 9.30 Å². The summed E-state index contributed by atoms with van der Waals surface area (Å²) >= 11 is 8.32. The molecule has 0 atom stereocenters. The number of anilines is 1. The number of hydrogen-bond donors (Lipinski definition) is 0. The van der Waals surface area contributed by atoms with E-state index in [1.807, 2.05) is 24.3 Å². The number of carbonyl (C=O) groups is 1. The van der Waals surface area contributed by atoms with Crippen molar-refractivity contribution in [3.8, 4) is 5.75 Å². The summed E-state index contributed by atoms with van der Waals surface area (Å²) < 4.78 is 8.28. The molecule has 24 heavy (non-hydrogen) atoms. The third kappa shape index (κ3) is 2.36. The van der Waals surface area contributed by atoms with Gasteiger partial charge in [-0.25, -0.2) is 4.98 Å². The summed E-state index contributed by atoms with van der Waals surface area (Å²) in [5, 5.41) is 0.535. The summed E-state index contributed by atoms with van der Waals surface area (Å²) in [6, 6.07) is 11.3. The Morgan fingerprint density at radius 1 is 1.29 bits per heavy atom. The molecule has 7 heteroatoms. The van der Waals surface area contributed by atoms with Gasteiger partial charge in [-0.2, -0.15) is 0 Å². The molecule has 3 aromatic rings. The minimum absolute atomic E-state index is 0.154. The second-order valence-electron chi connectivity index (χ2n) is 5.48. The molecule has 1 aliphatic rings. The SMILES string of the molecule is COc1cc(I)c(Cl)cc1C(=O)N1CCn2c1nc1ccccc12. The molecule has 0 unspecified atom stereocenters. The fourth-order valence-corrected chi connectivity index (χ4v) is 3.59. The third-order valence-corrected chi connectivity index (χ3v) is 5.67. The van der Waals surface area contributed by atoms with E-state index >= 15 is 0 Å². The second-order valence-corrected chi connectivity index (χ2v) is 7.04. The third-order valence-electron chi connectivity index (χ3n) is 4.14. The molecular formula is C17H13ClIN3O2. The first-order chi connectivity index (χ1) is 11.6. The zero-order chi connectivity index (χ0) is 16.8. The van der Waals surface area contributed by atoms with Crippen LogP contribution in [0.4, 0.5) is 5.95 Å². The van der Waals surface area contributed by atoms with Crippen LogP contribution in [0.1, 0.15) is 10.4 Å². The first-order valence-electron chi connectivity index (χ1n) is 7.40. The molecule has 1 amide bonds. The number of para-hydroxylation sites is 2. The van der Waals surface area contributed by atoms with E-state index in [9.17, 15) is 4.79 Å². The Balaban J connectivity index is 1.79. The number of carbonyl (C=O) groups excluding carboxylic acids is 1. The highest BCUT2D eigenvalue weighted by Gasteiger charge is 2.30. The van der Waals surface area contributed by atoms with Crippen LogP contribution in [0.5, 0.6) is 5.75 Å². The number of rotatable bonds is 2. The van der Waals surface area contributed by atoms with Crippen molar-refractivity contribution in [1.82, 2.24) is 9.55 Å². The number of aromatic nitrogens is 2. The molecule has 0 N–H and O–H groups in total. The maximum absolute atomic E-state index is 13.1. The fourth-order valence-electron chi connectivity index (χ4n) is 2.99. The van der Waals surface area contributed by atoms with E-state index in [1.54, 1.807) is 24.1 Å². The molecule has 0 aliphatic carbocycles. The molecule has 4 rings (SSSR count). The number of imidazole rings is 1. The van der Waals surface area contributed by atoms with Crippen molar-refractivity contribution in [2.75, 3.05) is 18.6 Å². The van der Waals surface area contributed by atoms with Gasteiger partial charge in [0.1, 0.15) is 5.75 Å². The lowest BCUT2D eigenvalue weighted by Crippen LogP contribution is -2.29. The Bertz CT molecular complexity index is 970. The molecule has 1 aliphatic heterocycles. The first-order valence-corrected chi connectivity index (χ1v) is 8.86. The molecule has 0 bridgehead atoms. The second kappa shape index (κ2) is 5.93. The van der Waals surface area contributed by atoms with E-state index in [4.69, 9.17) is 16.3 Å². The van der Waals surface area contributed by atoms with Crippen molar-refractivity contribution in [2.45, 2.75) is 6.54 Å². The lowest BCUT2D eigenvalue weighted by molar-refractivity contribution is 0.0986. The molecule has 0 fully saturated rings. The van der Waals surface area contributed by atoms with Crippen molar-refractivity contribution >= 4 is 57.1 Å². The van der Waals surface area contributed by atoms with Crippen LogP contribution in [0.2, 0.25) is 5.02 Å². The van der Waals surface area contributed by atoms with Crippen molar-refractivity contribution in [2.24, 2.45) is 0 Å². The van der Waals surface area contributed by atoms with Gasteiger partial charge in [0, 0.05) is 16.7 Å². The molecule has 0 radical (unpaired) electrons. The number of fused-ring (bicyclic) bond motifs is 3. The Morgan fingerprint density at radius 3 is 2.88 bits per heavy atom. The Morgan fingerprint density at radius 2 is 2.08 bits per heavy atom. The molecule has 0 saturated heterocycles. The summed E-state index contributed by atoms with van der Waals surface area (Å²) in [5.41, 5.74) is 2.37. The van der Waals surface area contributed by atoms with Gasteiger partial charge in [0.15, 0.2) is 0 Å². The average Bonchev–Trinajstić information content (AvgIpc) is 3.15. The average molecular weight is 454 g/mol. The van der Waals surface area contributed by atoms with E-state index in [0.717, 1.165) is 21.1 Å². The summed E-state index contributed by atoms with van der Waals surface area (Å²) in [7, 11) is 1.55. The summed E-state index contributed by atoms with van der Waals surface area (Å²) in [6.07, 6.45) is 0. The Kier molecular flexibility index (Phi) is 3.88. The zero-order valence-electron chi connectivity index (χ0n) is 12.8. The van der Waals surface area contributed by atoms with Gasteiger partial charge in [0.25, 0.3) is 5.91 Å². The topological polar surface area (TPSA) is 47.4 Å². The number of amides is 1. The van der Waals surface area contributed by atoms with Gasteiger partial charge in [0.2, 0.25) is 5.95 Å². The largest absolute Gasteiger partial charge is 0.496 e. The highest BCUT2D eigenvalue weighted by Crippen LogP contribution is 2.33. The van der Waals surface area contributed by atoms with Gasteiger partial charge in [-0.05, 0) is 46.9 Å². The standard InChI is InChI=1S/C17H13ClIN3O2/c1-24-15-9-12(19)11(18)8-10(15)16(23)22-7-6-21-14-5-3-2-4-13(14)20-17(21)22/h2-5,8-9H,6-7H2,1H3. The van der Waals surface area contributed by atoms with Crippen LogP contribution in [-0.4, -0.2) is 29.1 Å². The maximum atomic E-state index is 13.1. The van der Waals surface area contributed by atoms with Crippen molar-refractivity contribution in [3.05, 3.63) is 50.6 Å². The quantitative estimate of drug-likeness (QED) is 0.552. The molecular weight excluding hydrogens is 441 g/mol. The molecule has 0 spiro atoms. The lowest BCUT2D eigenvalue weighted by atomic mass is 10.1. The van der Waals surface area contributed by atoms with Gasteiger partial charge in [-0.3, -0.25) is 9.69 Å². The molecule has 122 valence electrons. The number of nitrogens with zero attached hydrogens (tertiary/aromatic N) is 3. The molecule has 5 nitrogen and oxygen atoms in total. The molecule has 0 saturated carbocycles. The van der Waals surface area contributed by atoms with Crippen LogP contribution in [0.3, 0.4) is 0 Å². The first kappa shape index (κ1) is 15.7. The number of halogens is 2. The van der Waals surface area contributed by atoms with Gasteiger partial charge >= 0.3 is 0 Å². The number of benzene rings is 2. The number of methoxy groups -OCH3 is 1. The van der Waals surface area contributed by atoms with Crippen LogP contribution < -0.4 is 9.64 Å². The highest BCUT2D eigenvalue weighted by atomic mass is 127. The monoisotopic (exact) mass is 453 g/mol. The molecule has 2 heterocycles. The lowest BCUT2D eigenvalue weighted by Gasteiger charge is -2.16. The van der Waals surface area contributed by atoms with E-state index in [1.165, 1.54) is 0 Å². The normalized spacial score (nSPS) is 13.4. The minimum Gasteiger partial charge on any atom is -0.496 e. The fraction of sp³-hybridized carbons (Fsp3) is 0.176. The van der Waals surface area contributed by atoms with Crippen molar-refractivity contribution in [3.63, 3.8) is 0 Å². The van der Waals surface area contributed by atoms with E-state index in [-0.39, 0.29) is 5.91 Å². The van der Waals surface area contributed by atoms with Crippen LogP contribution in [0, 0.1) is 3.57 Å². The summed E-state index contributed by atoms with van der Waals surface area (Å²) in [4.78, 5) is 19.4. The summed E-state index contributed by atoms with van der Waals surface area (Å²) in [5.74, 6) is 1.03. The van der Waals surface area contributed by atoms with Gasteiger partial charge in [-0.15, -0.1) is 0 Å². The predicted octanol–water partition coefficient (Wildman–Crippen LogP) is 3.96. The molecule has 2 aromatic carbocycles. The Labute approximate surface area is 157 Å². The van der Waals surface area contributed by atoms with Crippen molar-refractivity contribution in [1.29, 1.82) is 0 Å². The van der Waals surface area contributed by atoms with E-state index in [2.05, 4.69) is 32.1 Å².